The van der Waals surface area contributed by atoms with Gasteiger partial charge in [0.15, 0.2) is 5.78 Å². The molecule has 9 heteroatoms. The van der Waals surface area contributed by atoms with E-state index in [1.165, 1.54) is 12.3 Å². The van der Waals surface area contributed by atoms with Gasteiger partial charge in [0.25, 0.3) is 5.91 Å². The van der Waals surface area contributed by atoms with Crippen molar-refractivity contribution in [3.63, 3.8) is 0 Å². The number of rotatable bonds is 10. The number of hydrogen-bond acceptors (Lipinski definition) is 6. The second-order valence-corrected chi connectivity index (χ2v) is 8.95. The predicted molar refractivity (Wildman–Crippen MR) is 130 cm³/mol. The molecule has 7 nitrogen and oxygen atoms in total. The number of ketones is 1. The summed E-state index contributed by atoms with van der Waals surface area (Å²) >= 11 is 11.8. The summed E-state index contributed by atoms with van der Waals surface area (Å²) in [5, 5.41) is 3.46. The number of carbonyl (C=O) groups excluding carboxylic acids is 3. The minimum absolute atomic E-state index is 0.00105. The Morgan fingerprint density at radius 1 is 1.03 bits per heavy atom. The molecular formula is C25H28Cl2N2O5. The topological polar surface area (TPSA) is 94.6 Å². The smallest absolute Gasteiger partial charge is 0.308 e. The molecule has 0 atom stereocenters. The molecular weight excluding hydrogens is 479 g/mol. The van der Waals surface area contributed by atoms with Crippen LogP contribution in [0.15, 0.2) is 36.5 Å². The largest absolute Gasteiger partial charge is 0.474 e. The maximum absolute atomic E-state index is 12.4. The van der Waals surface area contributed by atoms with Crippen molar-refractivity contribution in [3.8, 4) is 5.88 Å². The average Bonchev–Trinajstić information content (AvgIpc) is 2.84. The first kappa shape index (κ1) is 26.0. The van der Waals surface area contributed by atoms with Crippen LogP contribution >= 0.6 is 23.2 Å². The van der Waals surface area contributed by atoms with Crippen molar-refractivity contribution in [2.45, 2.75) is 51.6 Å². The molecule has 1 aromatic heterocycles. The van der Waals surface area contributed by atoms with E-state index >= 15 is 0 Å². The fourth-order valence-corrected chi connectivity index (χ4v) is 4.09. The van der Waals surface area contributed by atoms with Gasteiger partial charge in [-0.05, 0) is 63.3 Å². The lowest BCUT2D eigenvalue weighted by Gasteiger charge is -2.27. The number of amides is 1. The highest BCUT2D eigenvalue weighted by Gasteiger charge is 2.28. The summed E-state index contributed by atoms with van der Waals surface area (Å²) in [6, 6.07) is 8.05. The van der Waals surface area contributed by atoms with E-state index in [2.05, 4.69) is 10.3 Å². The fraction of sp³-hybridized carbons (Fsp3) is 0.440. The van der Waals surface area contributed by atoms with Gasteiger partial charge in [0, 0.05) is 36.4 Å². The van der Waals surface area contributed by atoms with Crippen LogP contribution in [0.3, 0.4) is 0 Å². The Morgan fingerprint density at radius 2 is 1.76 bits per heavy atom. The first-order valence-corrected chi connectivity index (χ1v) is 12.2. The lowest BCUT2D eigenvalue weighted by atomic mass is 9.87. The van der Waals surface area contributed by atoms with Crippen LogP contribution in [0.1, 0.15) is 66.2 Å². The molecule has 1 heterocycles. The third-order valence-corrected chi connectivity index (χ3v) is 6.43. The molecule has 1 N–H and O–H groups in total. The van der Waals surface area contributed by atoms with E-state index in [0.29, 0.717) is 46.6 Å². The Labute approximate surface area is 209 Å². The van der Waals surface area contributed by atoms with Crippen LogP contribution in [0, 0.1) is 5.92 Å². The van der Waals surface area contributed by atoms with E-state index in [0.717, 1.165) is 25.7 Å². The summed E-state index contributed by atoms with van der Waals surface area (Å²) in [4.78, 5) is 40.7. The molecule has 182 valence electrons. The van der Waals surface area contributed by atoms with Gasteiger partial charge < -0.3 is 14.8 Å². The Hall–Kier alpha value is -2.64. The number of benzene rings is 1. The molecule has 0 saturated heterocycles. The zero-order valence-corrected chi connectivity index (χ0v) is 20.5. The van der Waals surface area contributed by atoms with Gasteiger partial charge in [0.1, 0.15) is 6.10 Å². The fourth-order valence-electron chi connectivity index (χ4n) is 3.80. The van der Waals surface area contributed by atoms with Crippen LogP contribution in [-0.4, -0.2) is 41.9 Å². The van der Waals surface area contributed by atoms with Gasteiger partial charge in [-0.3, -0.25) is 14.4 Å². The van der Waals surface area contributed by atoms with Gasteiger partial charge in [-0.25, -0.2) is 4.98 Å². The van der Waals surface area contributed by atoms with Gasteiger partial charge in [-0.15, -0.1) is 0 Å². The Bertz CT molecular complexity index is 1000. The van der Waals surface area contributed by atoms with Gasteiger partial charge in [-0.2, -0.15) is 0 Å². The van der Waals surface area contributed by atoms with Crippen molar-refractivity contribution in [1.82, 2.24) is 10.3 Å². The zero-order valence-electron chi connectivity index (χ0n) is 19.0. The normalized spacial score (nSPS) is 17.6. The molecule has 1 aliphatic rings. The predicted octanol–water partition coefficient (Wildman–Crippen LogP) is 5.28. The standard InChI is InChI=1S/C25H28Cl2N2O5/c1-2-33-25(32)16-5-9-19(10-6-16)34-23-12-8-18(15-29-23)22(30)4-3-13-28-24(31)17-7-11-20(26)21(27)14-17/h7-8,11-12,14-16,19H,2-6,9-10,13H2,1H3,(H,28,31). The molecule has 0 bridgehead atoms. The highest BCUT2D eigenvalue weighted by atomic mass is 35.5. The minimum atomic E-state index is -0.273. The number of pyridine rings is 1. The van der Waals surface area contributed by atoms with Crippen molar-refractivity contribution in [3.05, 3.63) is 57.7 Å². The molecule has 1 saturated carbocycles. The Kier molecular flexibility index (Phi) is 9.72. The Balaban J connectivity index is 1.38. The molecule has 1 amide bonds. The number of esters is 1. The second kappa shape index (κ2) is 12.7. The van der Waals surface area contributed by atoms with E-state index in [1.54, 1.807) is 24.3 Å². The SMILES string of the molecule is CCOC(=O)C1CCC(Oc2ccc(C(=O)CCCNC(=O)c3ccc(Cl)c(Cl)c3)cn2)CC1. The quantitative estimate of drug-likeness (QED) is 0.267. The number of halogens is 2. The van der Waals surface area contributed by atoms with Gasteiger partial charge in [0.05, 0.1) is 22.6 Å². The van der Waals surface area contributed by atoms with Crippen LogP contribution in [0.2, 0.25) is 10.0 Å². The highest BCUT2D eigenvalue weighted by Crippen LogP contribution is 2.28. The van der Waals surface area contributed by atoms with Gasteiger partial charge in [0.2, 0.25) is 5.88 Å². The van der Waals surface area contributed by atoms with Crippen molar-refractivity contribution in [2.75, 3.05) is 13.2 Å². The van der Waals surface area contributed by atoms with Crippen molar-refractivity contribution >= 4 is 40.9 Å². The number of nitrogens with one attached hydrogen (secondary N) is 1. The summed E-state index contributed by atoms with van der Waals surface area (Å²) in [7, 11) is 0. The van der Waals surface area contributed by atoms with Gasteiger partial charge >= 0.3 is 5.97 Å². The minimum Gasteiger partial charge on any atom is -0.474 e. The van der Waals surface area contributed by atoms with Crippen LogP contribution < -0.4 is 10.1 Å². The van der Waals surface area contributed by atoms with E-state index in [-0.39, 0.29) is 36.1 Å². The van der Waals surface area contributed by atoms with E-state index < -0.39 is 0 Å². The first-order chi connectivity index (χ1) is 16.4. The third-order valence-electron chi connectivity index (χ3n) is 5.69. The summed E-state index contributed by atoms with van der Waals surface area (Å²) in [5.74, 6) is -0.0503. The zero-order chi connectivity index (χ0) is 24.5. The van der Waals surface area contributed by atoms with E-state index in [4.69, 9.17) is 32.7 Å². The Morgan fingerprint density at radius 3 is 2.41 bits per heavy atom. The molecule has 0 radical (unpaired) electrons. The summed E-state index contributed by atoms with van der Waals surface area (Å²) in [6.07, 6.45) is 5.29. The highest BCUT2D eigenvalue weighted by molar-refractivity contribution is 6.42. The lowest BCUT2D eigenvalue weighted by molar-refractivity contribution is -0.149. The van der Waals surface area contributed by atoms with E-state index in [9.17, 15) is 14.4 Å². The maximum atomic E-state index is 12.4. The molecule has 2 aromatic rings. The third kappa shape index (κ3) is 7.43. The lowest BCUT2D eigenvalue weighted by Crippen LogP contribution is -2.29. The van der Waals surface area contributed by atoms with Crippen LogP contribution in [0.25, 0.3) is 0 Å². The molecule has 1 fully saturated rings. The van der Waals surface area contributed by atoms with Crippen molar-refractivity contribution < 1.29 is 23.9 Å². The van der Waals surface area contributed by atoms with Crippen LogP contribution in [0.5, 0.6) is 5.88 Å². The van der Waals surface area contributed by atoms with Crippen molar-refractivity contribution in [1.29, 1.82) is 0 Å². The van der Waals surface area contributed by atoms with Gasteiger partial charge in [-0.1, -0.05) is 23.2 Å². The number of carbonyl (C=O) groups is 3. The number of nitrogens with zero attached hydrogens (tertiary/aromatic N) is 1. The molecule has 0 spiro atoms. The maximum Gasteiger partial charge on any atom is 0.308 e. The first-order valence-electron chi connectivity index (χ1n) is 11.4. The molecule has 1 aliphatic carbocycles. The van der Waals surface area contributed by atoms with E-state index in [1.807, 2.05) is 6.92 Å². The number of ether oxygens (including phenoxy) is 2. The molecule has 0 unspecified atom stereocenters. The molecule has 34 heavy (non-hydrogen) atoms. The van der Waals surface area contributed by atoms with Crippen LogP contribution in [0.4, 0.5) is 0 Å². The average molecular weight is 507 g/mol. The summed E-state index contributed by atoms with van der Waals surface area (Å²) < 4.78 is 11.0. The summed E-state index contributed by atoms with van der Waals surface area (Å²) in [6.45, 7) is 2.57. The number of Topliss-reactive ketones (excluding diaryl/α,β-unsaturated/α-hetero) is 1. The van der Waals surface area contributed by atoms with Crippen molar-refractivity contribution in [2.24, 2.45) is 5.92 Å². The number of aromatic nitrogens is 1. The monoisotopic (exact) mass is 506 g/mol. The number of hydrogen-bond donors (Lipinski definition) is 1. The molecule has 0 aliphatic heterocycles. The molecule has 1 aromatic carbocycles. The molecule has 3 rings (SSSR count). The summed E-state index contributed by atoms with van der Waals surface area (Å²) in [5.41, 5.74) is 0.907. The van der Waals surface area contributed by atoms with Crippen LogP contribution in [-0.2, 0) is 9.53 Å². The second-order valence-electron chi connectivity index (χ2n) is 8.14.